The average molecular weight is 700 g/mol. The number of hydrogen-bond donors (Lipinski definition) is 1. The first-order valence-corrected chi connectivity index (χ1v) is 19.8. The van der Waals surface area contributed by atoms with Gasteiger partial charge in [0.2, 0.25) is 5.91 Å². The molecule has 7 rings (SSSR count). The van der Waals surface area contributed by atoms with Crippen LogP contribution in [0.4, 0.5) is 5.69 Å². The van der Waals surface area contributed by atoms with Crippen molar-refractivity contribution in [2.75, 3.05) is 37.5 Å². The Hall–Kier alpha value is -3.96. The summed E-state index contributed by atoms with van der Waals surface area (Å²) in [5.41, 5.74) is 5.04. The number of aryl methyl sites for hydroxylation is 3. The molecule has 2 aromatic carbocycles. The number of nitrogens with one attached hydrogen (secondary N) is 1. The Morgan fingerprint density at radius 3 is 2.88 bits per heavy atom. The molecule has 50 heavy (non-hydrogen) atoms. The third-order valence-electron chi connectivity index (χ3n) is 11.1. The molecule has 1 saturated carbocycles. The molecule has 2 aliphatic carbocycles. The number of ether oxygens (including phenoxy) is 2. The molecule has 2 aliphatic heterocycles. The average Bonchev–Trinajstić information content (AvgIpc) is 3.55. The highest BCUT2D eigenvalue weighted by atomic mass is 32.2. The summed E-state index contributed by atoms with van der Waals surface area (Å²) in [7, 11) is -1.61. The number of amides is 2. The molecule has 1 aromatic heterocycles. The molecular weight excluding hydrogens is 651 g/mol. The standard InChI is InChI=1S/C39H49N5O5S/c1-28-12-16-33-29(23-28)9-6-18-39(33)26-43-25-31-13-15-32(31)35(48-2)10-4-3-5-22-50(47,41-37(45)11-7-20-44-21-8-19-40-44)42-38(46)30-14-17-36(49-27-39)34(43)24-30/h4,8,10,12,14,16-17,19,21,23-24,31-32,35H,3,5-7,9,11,13,15,18,20,22,25-27H2,1-2H3,(H,41,42,45,46,47)/b10-4+/t31-,32+,35-,39-,50?/m0/s1. The fourth-order valence-corrected chi connectivity index (χ4v) is 9.97. The van der Waals surface area contributed by atoms with Gasteiger partial charge in [0.1, 0.15) is 15.7 Å². The summed E-state index contributed by atoms with van der Waals surface area (Å²) < 4.78 is 35.6. The minimum Gasteiger partial charge on any atom is -0.490 e. The quantitative estimate of drug-likeness (QED) is 0.306. The van der Waals surface area contributed by atoms with Crippen LogP contribution < -0.4 is 14.4 Å². The lowest BCUT2D eigenvalue weighted by atomic mass is 9.68. The number of fused-ring (bicyclic) bond motifs is 4. The minimum absolute atomic E-state index is 0.0202. The van der Waals surface area contributed by atoms with Gasteiger partial charge >= 0.3 is 0 Å². The van der Waals surface area contributed by atoms with Gasteiger partial charge in [-0.3, -0.25) is 19.0 Å². The third kappa shape index (κ3) is 7.39. The van der Waals surface area contributed by atoms with E-state index in [0.717, 1.165) is 56.6 Å². The van der Waals surface area contributed by atoms with Crippen molar-refractivity contribution in [3.63, 3.8) is 0 Å². The van der Waals surface area contributed by atoms with Gasteiger partial charge in [0, 0.05) is 56.5 Å². The Morgan fingerprint density at radius 2 is 2.08 bits per heavy atom. The zero-order valence-electron chi connectivity index (χ0n) is 29.2. The van der Waals surface area contributed by atoms with E-state index < -0.39 is 21.7 Å². The SMILES string of the molecule is CO[C@H]1/C=C/CCCS(=O)(NC(=O)CCCn2cccn2)=NC(=O)c2ccc3c(c2)N(C[C@@H]2CC[C@H]21)C[C@@]1(CCCc2cc(C)ccc21)CO3. The number of hydrogen-bond acceptors (Lipinski definition) is 7. The Kier molecular flexibility index (Phi) is 10.2. The first-order chi connectivity index (χ1) is 24.2. The Balaban J connectivity index is 1.22. The van der Waals surface area contributed by atoms with Crippen LogP contribution in [-0.2, 0) is 37.8 Å². The number of allylic oxidation sites excluding steroid dienone is 1. The van der Waals surface area contributed by atoms with Gasteiger partial charge in [-0.05, 0) is 106 Å². The van der Waals surface area contributed by atoms with Crippen molar-refractivity contribution >= 4 is 27.4 Å². The molecule has 1 spiro atoms. The molecule has 4 aliphatic rings. The second-order valence-corrected chi connectivity index (χ2v) is 16.6. The zero-order chi connectivity index (χ0) is 34.7. The van der Waals surface area contributed by atoms with Crippen molar-refractivity contribution in [3.05, 3.63) is 89.3 Å². The van der Waals surface area contributed by atoms with E-state index in [9.17, 15) is 13.8 Å². The van der Waals surface area contributed by atoms with E-state index in [2.05, 4.69) is 56.4 Å². The van der Waals surface area contributed by atoms with Gasteiger partial charge < -0.3 is 14.4 Å². The van der Waals surface area contributed by atoms with Crippen LogP contribution in [-0.4, -0.2) is 64.5 Å². The van der Waals surface area contributed by atoms with Crippen LogP contribution >= 0.6 is 0 Å². The maximum Gasteiger partial charge on any atom is 0.286 e. The summed E-state index contributed by atoms with van der Waals surface area (Å²) in [4.78, 5) is 29.3. The molecule has 2 amide bonds. The van der Waals surface area contributed by atoms with Gasteiger partial charge in [-0.2, -0.15) is 5.10 Å². The van der Waals surface area contributed by atoms with E-state index in [4.69, 9.17) is 9.47 Å². The highest BCUT2D eigenvalue weighted by Gasteiger charge is 2.44. The molecular formula is C39H49N5O5S. The summed E-state index contributed by atoms with van der Waals surface area (Å²) in [6, 6.07) is 14.1. The second-order valence-electron chi connectivity index (χ2n) is 14.6. The van der Waals surface area contributed by atoms with Crippen LogP contribution in [0.15, 0.2) is 71.4 Å². The summed E-state index contributed by atoms with van der Waals surface area (Å²) in [5.74, 6) is 0.611. The van der Waals surface area contributed by atoms with Crippen LogP contribution in [0.3, 0.4) is 0 Å². The van der Waals surface area contributed by atoms with Gasteiger partial charge in [-0.15, -0.1) is 4.36 Å². The van der Waals surface area contributed by atoms with Crippen molar-refractivity contribution in [2.24, 2.45) is 16.2 Å². The van der Waals surface area contributed by atoms with E-state index in [0.29, 0.717) is 49.8 Å². The molecule has 3 aromatic rings. The number of anilines is 1. The number of benzene rings is 2. The summed E-state index contributed by atoms with van der Waals surface area (Å²) >= 11 is 0. The lowest BCUT2D eigenvalue weighted by molar-refractivity contribution is -0.119. The van der Waals surface area contributed by atoms with Gasteiger partial charge in [-0.1, -0.05) is 35.9 Å². The second kappa shape index (κ2) is 14.7. The zero-order valence-corrected chi connectivity index (χ0v) is 30.0. The molecule has 11 heteroatoms. The monoisotopic (exact) mass is 699 g/mol. The van der Waals surface area contributed by atoms with E-state index in [1.165, 1.54) is 16.7 Å². The highest BCUT2D eigenvalue weighted by Crippen LogP contribution is 2.46. The Bertz CT molecular complexity index is 1870. The Labute approximate surface area is 295 Å². The molecule has 1 fully saturated rings. The van der Waals surface area contributed by atoms with Crippen LogP contribution in [0, 0.1) is 18.8 Å². The van der Waals surface area contributed by atoms with Crippen LogP contribution in [0.5, 0.6) is 5.75 Å². The summed E-state index contributed by atoms with van der Waals surface area (Å²) in [5, 5.41) is 4.18. The molecule has 10 nitrogen and oxygen atoms in total. The number of rotatable bonds is 6. The number of aromatic nitrogens is 2. The largest absolute Gasteiger partial charge is 0.490 e. The fourth-order valence-electron chi connectivity index (χ4n) is 8.34. The van der Waals surface area contributed by atoms with Crippen molar-refractivity contribution < 1.29 is 23.3 Å². The molecule has 2 bridgehead atoms. The Morgan fingerprint density at radius 1 is 1.18 bits per heavy atom. The van der Waals surface area contributed by atoms with Crippen molar-refractivity contribution in [1.82, 2.24) is 14.5 Å². The highest BCUT2D eigenvalue weighted by molar-refractivity contribution is 7.92. The molecule has 266 valence electrons. The van der Waals surface area contributed by atoms with Crippen LogP contribution in [0.25, 0.3) is 0 Å². The van der Waals surface area contributed by atoms with Gasteiger partial charge in [0.25, 0.3) is 5.91 Å². The summed E-state index contributed by atoms with van der Waals surface area (Å²) in [6.45, 7) is 4.86. The smallest absolute Gasteiger partial charge is 0.286 e. The number of carbonyl (C=O) groups excluding carboxylic acids is 2. The third-order valence-corrected chi connectivity index (χ3v) is 12.9. The minimum atomic E-state index is -3.38. The maximum absolute atomic E-state index is 14.2. The van der Waals surface area contributed by atoms with E-state index in [1.807, 2.05) is 24.4 Å². The maximum atomic E-state index is 14.2. The predicted molar refractivity (Wildman–Crippen MR) is 195 cm³/mol. The molecule has 0 radical (unpaired) electrons. The van der Waals surface area contributed by atoms with Gasteiger partial charge in [0.15, 0.2) is 0 Å². The van der Waals surface area contributed by atoms with E-state index in [1.54, 1.807) is 24.1 Å². The van der Waals surface area contributed by atoms with Crippen molar-refractivity contribution in [2.45, 2.75) is 82.8 Å². The van der Waals surface area contributed by atoms with Crippen LogP contribution in [0.2, 0.25) is 0 Å². The fraction of sp³-hybridized carbons (Fsp3) is 0.513. The molecule has 1 unspecified atom stereocenters. The van der Waals surface area contributed by atoms with Crippen LogP contribution in [0.1, 0.15) is 78.4 Å². The number of carbonyl (C=O) groups is 2. The lowest BCUT2D eigenvalue weighted by Crippen LogP contribution is -2.49. The van der Waals surface area contributed by atoms with Crippen molar-refractivity contribution in [3.8, 4) is 5.75 Å². The normalized spacial score (nSPS) is 28.6. The van der Waals surface area contributed by atoms with Gasteiger partial charge in [0.05, 0.1) is 24.2 Å². The lowest BCUT2D eigenvalue weighted by Gasteiger charge is -2.46. The van der Waals surface area contributed by atoms with E-state index >= 15 is 0 Å². The first kappa shape index (κ1) is 34.5. The molecule has 3 heterocycles. The molecule has 5 atom stereocenters. The van der Waals surface area contributed by atoms with E-state index in [-0.39, 0.29) is 23.7 Å². The topological polar surface area (TPSA) is 115 Å². The molecule has 1 N–H and O–H groups in total. The number of methoxy groups -OCH3 is 1. The summed E-state index contributed by atoms with van der Waals surface area (Å²) in [6.07, 6.45) is 14.9. The number of nitrogens with zero attached hydrogens (tertiary/aromatic N) is 4. The first-order valence-electron chi connectivity index (χ1n) is 18.1. The van der Waals surface area contributed by atoms with Crippen molar-refractivity contribution in [1.29, 1.82) is 0 Å². The molecule has 0 saturated heterocycles. The predicted octanol–water partition coefficient (Wildman–Crippen LogP) is 6.18. The van der Waals surface area contributed by atoms with Gasteiger partial charge in [-0.25, -0.2) is 4.21 Å².